The van der Waals surface area contributed by atoms with E-state index in [0.717, 1.165) is 37.8 Å². The molecular formula is C18H34IN5O. The third-order valence-electron chi connectivity index (χ3n) is 4.74. The van der Waals surface area contributed by atoms with Crippen molar-refractivity contribution >= 4 is 29.9 Å². The summed E-state index contributed by atoms with van der Waals surface area (Å²) in [7, 11) is 1.72. The molecule has 0 unspecified atom stereocenters. The largest absolute Gasteiger partial charge is 0.383 e. The lowest BCUT2D eigenvalue weighted by Gasteiger charge is -2.23. The van der Waals surface area contributed by atoms with E-state index in [9.17, 15) is 0 Å². The Kier molecular flexibility index (Phi) is 8.67. The second kappa shape index (κ2) is 9.75. The molecule has 1 aromatic rings. The van der Waals surface area contributed by atoms with Gasteiger partial charge in [0.25, 0.3) is 0 Å². The average molecular weight is 463 g/mol. The minimum atomic E-state index is 0. The quantitative estimate of drug-likeness (QED) is 0.401. The summed E-state index contributed by atoms with van der Waals surface area (Å²) in [6.45, 7) is 16.1. The first-order chi connectivity index (χ1) is 11.4. The molecule has 6 nitrogen and oxygen atoms in total. The third-order valence-corrected chi connectivity index (χ3v) is 4.74. The summed E-state index contributed by atoms with van der Waals surface area (Å²) in [5, 5.41) is 8.07. The van der Waals surface area contributed by atoms with Crippen LogP contribution in [0.5, 0.6) is 0 Å². The maximum atomic E-state index is 5.16. The predicted octanol–water partition coefficient (Wildman–Crippen LogP) is 2.96. The normalized spacial score (nSPS) is 16.9. The molecule has 0 radical (unpaired) electrons. The SMILES string of the molecule is CCNC(=NCc1c(C)nn(CCOC)c1C)N1CCC(C)(C)C1.I. The van der Waals surface area contributed by atoms with Crippen LogP contribution < -0.4 is 5.32 Å². The Morgan fingerprint density at radius 2 is 2.08 bits per heavy atom. The van der Waals surface area contributed by atoms with Crippen LogP contribution in [0.25, 0.3) is 0 Å². The lowest BCUT2D eigenvalue weighted by molar-refractivity contribution is 0.182. The Morgan fingerprint density at radius 1 is 1.36 bits per heavy atom. The van der Waals surface area contributed by atoms with Gasteiger partial charge in [0.15, 0.2) is 5.96 Å². The number of hydrogen-bond acceptors (Lipinski definition) is 3. The molecule has 0 spiro atoms. The third kappa shape index (κ3) is 5.84. The number of aromatic nitrogens is 2. The lowest BCUT2D eigenvalue weighted by Crippen LogP contribution is -2.40. The van der Waals surface area contributed by atoms with E-state index in [1.165, 1.54) is 17.7 Å². The second-order valence-corrected chi connectivity index (χ2v) is 7.37. The molecule has 1 N–H and O–H groups in total. The smallest absolute Gasteiger partial charge is 0.194 e. The van der Waals surface area contributed by atoms with Crippen molar-refractivity contribution in [3.8, 4) is 0 Å². The molecular weight excluding hydrogens is 429 g/mol. The van der Waals surface area contributed by atoms with Gasteiger partial charge in [0.1, 0.15) is 0 Å². The molecule has 0 atom stereocenters. The van der Waals surface area contributed by atoms with Gasteiger partial charge in [-0.25, -0.2) is 4.99 Å². The van der Waals surface area contributed by atoms with Crippen LogP contribution in [0.3, 0.4) is 0 Å². The summed E-state index contributed by atoms with van der Waals surface area (Å²) in [6, 6.07) is 0. The molecule has 0 amide bonds. The van der Waals surface area contributed by atoms with Crippen LogP contribution in [0.4, 0.5) is 0 Å². The molecule has 1 saturated heterocycles. The van der Waals surface area contributed by atoms with Gasteiger partial charge < -0.3 is 15.0 Å². The number of nitrogens with zero attached hydrogens (tertiary/aromatic N) is 4. The van der Waals surface area contributed by atoms with E-state index in [-0.39, 0.29) is 24.0 Å². The van der Waals surface area contributed by atoms with Crippen LogP contribution >= 0.6 is 24.0 Å². The molecule has 1 aliphatic heterocycles. The zero-order valence-electron chi connectivity index (χ0n) is 16.6. The molecule has 2 rings (SSSR count). The number of methoxy groups -OCH3 is 1. The zero-order chi connectivity index (χ0) is 17.7. The van der Waals surface area contributed by atoms with Crippen LogP contribution in [0.1, 0.15) is 44.1 Å². The Morgan fingerprint density at radius 3 is 2.64 bits per heavy atom. The zero-order valence-corrected chi connectivity index (χ0v) is 18.9. The highest BCUT2D eigenvalue weighted by Crippen LogP contribution is 2.28. The van der Waals surface area contributed by atoms with Crippen molar-refractivity contribution < 1.29 is 4.74 Å². The van der Waals surface area contributed by atoms with Crippen molar-refractivity contribution in [2.24, 2.45) is 10.4 Å². The number of aryl methyl sites for hydroxylation is 1. The van der Waals surface area contributed by atoms with Gasteiger partial charge in [-0.3, -0.25) is 4.68 Å². The van der Waals surface area contributed by atoms with Crippen LogP contribution in [-0.4, -0.2) is 54.0 Å². The summed E-state index contributed by atoms with van der Waals surface area (Å²) in [5.41, 5.74) is 3.84. The Balaban J connectivity index is 0.00000312. The summed E-state index contributed by atoms with van der Waals surface area (Å²) in [4.78, 5) is 7.27. The first kappa shape index (κ1) is 22.2. The van der Waals surface area contributed by atoms with Gasteiger partial charge in [0, 0.05) is 38.0 Å². The lowest BCUT2D eigenvalue weighted by atomic mass is 9.93. The topological polar surface area (TPSA) is 54.7 Å². The molecule has 7 heteroatoms. The fraction of sp³-hybridized carbons (Fsp3) is 0.778. The molecule has 1 fully saturated rings. The van der Waals surface area contributed by atoms with Crippen LogP contribution in [-0.2, 0) is 17.8 Å². The Bertz CT molecular complexity index is 582. The highest BCUT2D eigenvalue weighted by molar-refractivity contribution is 14.0. The van der Waals surface area contributed by atoms with Crippen molar-refractivity contribution in [2.45, 2.75) is 54.1 Å². The first-order valence-electron chi connectivity index (χ1n) is 8.93. The second-order valence-electron chi connectivity index (χ2n) is 7.37. The van der Waals surface area contributed by atoms with Gasteiger partial charge in [-0.15, -0.1) is 24.0 Å². The maximum absolute atomic E-state index is 5.16. The number of likely N-dealkylation sites (tertiary alicyclic amines) is 1. The van der Waals surface area contributed by atoms with Gasteiger partial charge in [-0.05, 0) is 32.6 Å². The summed E-state index contributed by atoms with van der Waals surface area (Å²) >= 11 is 0. The van der Waals surface area contributed by atoms with Gasteiger partial charge in [-0.2, -0.15) is 5.10 Å². The van der Waals surface area contributed by atoms with Gasteiger partial charge in [-0.1, -0.05) is 13.8 Å². The highest BCUT2D eigenvalue weighted by Gasteiger charge is 2.30. The van der Waals surface area contributed by atoms with E-state index in [2.05, 4.69) is 49.9 Å². The number of hydrogen-bond donors (Lipinski definition) is 1. The molecule has 25 heavy (non-hydrogen) atoms. The van der Waals surface area contributed by atoms with Gasteiger partial charge in [0.2, 0.25) is 0 Å². The number of guanidine groups is 1. The monoisotopic (exact) mass is 463 g/mol. The Hall–Kier alpha value is -0.830. The van der Waals surface area contributed by atoms with Gasteiger partial charge >= 0.3 is 0 Å². The molecule has 2 heterocycles. The molecule has 1 aromatic heterocycles. The van der Waals surface area contributed by atoms with E-state index in [1.807, 2.05) is 4.68 Å². The molecule has 144 valence electrons. The number of halogens is 1. The number of rotatable bonds is 6. The first-order valence-corrected chi connectivity index (χ1v) is 8.93. The van der Waals surface area contributed by atoms with Crippen molar-refractivity contribution in [3.05, 3.63) is 17.0 Å². The fourth-order valence-electron chi connectivity index (χ4n) is 3.23. The van der Waals surface area contributed by atoms with E-state index < -0.39 is 0 Å². The number of nitrogens with one attached hydrogen (secondary N) is 1. The summed E-state index contributed by atoms with van der Waals surface area (Å²) in [5.74, 6) is 1.02. The van der Waals surface area contributed by atoms with Gasteiger partial charge in [0.05, 0.1) is 25.4 Å². The molecule has 0 saturated carbocycles. The summed E-state index contributed by atoms with van der Waals surface area (Å²) < 4.78 is 7.19. The molecule has 1 aliphatic rings. The van der Waals surface area contributed by atoms with Crippen LogP contribution in [0.15, 0.2) is 4.99 Å². The Labute approximate surface area is 169 Å². The maximum Gasteiger partial charge on any atom is 0.194 e. The predicted molar refractivity (Wildman–Crippen MR) is 114 cm³/mol. The average Bonchev–Trinajstić information content (AvgIpc) is 3.02. The van der Waals surface area contributed by atoms with Crippen molar-refractivity contribution in [2.75, 3.05) is 33.4 Å². The van der Waals surface area contributed by atoms with Crippen molar-refractivity contribution in [3.63, 3.8) is 0 Å². The summed E-state index contributed by atoms with van der Waals surface area (Å²) in [6.07, 6.45) is 1.21. The van der Waals surface area contributed by atoms with E-state index in [1.54, 1.807) is 7.11 Å². The fourth-order valence-corrected chi connectivity index (χ4v) is 3.23. The number of ether oxygens (including phenoxy) is 1. The molecule has 0 aliphatic carbocycles. The number of aliphatic imine (C=N–C) groups is 1. The van der Waals surface area contributed by atoms with E-state index >= 15 is 0 Å². The standard InChI is InChI=1S/C18H33N5O.HI/c1-7-19-17(22-9-8-18(4,5)13-22)20-12-16-14(2)21-23(15(16)3)10-11-24-6;/h7-13H2,1-6H3,(H,19,20);1H. The highest BCUT2D eigenvalue weighted by atomic mass is 127. The van der Waals surface area contributed by atoms with Crippen molar-refractivity contribution in [1.82, 2.24) is 20.0 Å². The van der Waals surface area contributed by atoms with Crippen LogP contribution in [0, 0.1) is 19.3 Å². The van der Waals surface area contributed by atoms with Crippen LogP contribution in [0.2, 0.25) is 0 Å². The minimum Gasteiger partial charge on any atom is -0.383 e. The van der Waals surface area contributed by atoms with Crippen molar-refractivity contribution in [1.29, 1.82) is 0 Å². The van der Waals surface area contributed by atoms with E-state index in [0.29, 0.717) is 18.6 Å². The molecule has 0 bridgehead atoms. The minimum absolute atomic E-state index is 0. The molecule has 0 aromatic carbocycles. The van der Waals surface area contributed by atoms with E-state index in [4.69, 9.17) is 9.73 Å².